The van der Waals surface area contributed by atoms with Gasteiger partial charge in [-0.15, -0.1) is 0 Å². The first kappa shape index (κ1) is 13.7. The summed E-state index contributed by atoms with van der Waals surface area (Å²) in [7, 11) is 1.70. The molecule has 5 nitrogen and oxygen atoms in total. The molecule has 1 amide bonds. The van der Waals surface area contributed by atoms with Crippen LogP contribution in [0.5, 0.6) is 0 Å². The molecule has 3 N–H and O–H groups in total. The van der Waals surface area contributed by atoms with Gasteiger partial charge in [0.15, 0.2) is 0 Å². The molecule has 1 aliphatic rings. The fraction of sp³-hybridized carbons (Fsp3) is 0.500. The van der Waals surface area contributed by atoms with Gasteiger partial charge in [-0.25, -0.2) is 0 Å². The Bertz CT molecular complexity index is 480. The van der Waals surface area contributed by atoms with Crippen molar-refractivity contribution in [3.63, 3.8) is 0 Å². The second-order valence-electron chi connectivity index (χ2n) is 5.59. The Morgan fingerprint density at radius 2 is 1.95 bits per heavy atom. The first-order chi connectivity index (χ1) is 8.87. The van der Waals surface area contributed by atoms with Gasteiger partial charge in [0, 0.05) is 32.2 Å². The van der Waals surface area contributed by atoms with E-state index < -0.39 is 5.60 Å². The van der Waals surface area contributed by atoms with Crippen molar-refractivity contribution in [2.24, 2.45) is 0 Å². The van der Waals surface area contributed by atoms with Gasteiger partial charge in [-0.2, -0.15) is 0 Å². The first-order valence-corrected chi connectivity index (χ1v) is 6.46. The molecule has 0 saturated carbocycles. The van der Waals surface area contributed by atoms with Crippen LogP contribution in [0.3, 0.4) is 0 Å². The maximum absolute atomic E-state index is 12.3. The molecule has 19 heavy (non-hydrogen) atoms. The number of rotatable bonds is 3. The van der Waals surface area contributed by atoms with Crippen molar-refractivity contribution < 1.29 is 9.90 Å². The van der Waals surface area contributed by atoms with Crippen LogP contribution in [0.25, 0.3) is 0 Å². The number of aliphatic hydroxyl groups is 1. The van der Waals surface area contributed by atoms with Crippen LogP contribution < -0.4 is 10.6 Å². The second-order valence-corrected chi connectivity index (χ2v) is 5.59. The minimum atomic E-state index is -0.890. The molecule has 1 aromatic carbocycles. The van der Waals surface area contributed by atoms with Gasteiger partial charge in [0.25, 0.3) is 5.91 Å². The summed E-state index contributed by atoms with van der Waals surface area (Å²) in [6.07, 6.45) is 0. The van der Waals surface area contributed by atoms with Gasteiger partial charge in [-0.3, -0.25) is 4.79 Å². The van der Waals surface area contributed by atoms with Crippen molar-refractivity contribution in [1.82, 2.24) is 4.90 Å². The van der Waals surface area contributed by atoms with Crippen molar-refractivity contribution in [3.05, 3.63) is 23.8 Å². The molecule has 1 heterocycles. The summed E-state index contributed by atoms with van der Waals surface area (Å²) in [5, 5.41) is 16.3. The Kier molecular flexibility index (Phi) is 3.66. The normalized spacial score (nSPS) is 14.1. The van der Waals surface area contributed by atoms with Crippen LogP contribution in [0.2, 0.25) is 0 Å². The van der Waals surface area contributed by atoms with Crippen molar-refractivity contribution in [2.75, 3.05) is 37.3 Å². The monoisotopic (exact) mass is 263 g/mol. The Morgan fingerprint density at radius 3 is 2.58 bits per heavy atom. The zero-order valence-corrected chi connectivity index (χ0v) is 11.7. The zero-order valence-electron chi connectivity index (χ0n) is 11.7. The number of fused-ring (bicyclic) bond motifs is 1. The van der Waals surface area contributed by atoms with Crippen LogP contribution in [0, 0.1) is 0 Å². The lowest BCUT2D eigenvalue weighted by molar-refractivity contribution is 0.0368. The number of carbonyl (C=O) groups excluding carboxylic acids is 1. The number of amides is 1. The van der Waals surface area contributed by atoms with E-state index in [9.17, 15) is 9.90 Å². The summed E-state index contributed by atoms with van der Waals surface area (Å²) < 4.78 is 0. The molecule has 0 radical (unpaired) electrons. The van der Waals surface area contributed by atoms with Gasteiger partial charge in [0.05, 0.1) is 17.0 Å². The molecule has 2 rings (SSSR count). The first-order valence-electron chi connectivity index (χ1n) is 6.46. The van der Waals surface area contributed by atoms with Gasteiger partial charge in [-0.05, 0) is 32.0 Å². The average Bonchev–Trinajstić information content (AvgIpc) is 2.35. The van der Waals surface area contributed by atoms with E-state index in [2.05, 4.69) is 10.6 Å². The van der Waals surface area contributed by atoms with E-state index in [4.69, 9.17) is 0 Å². The fourth-order valence-corrected chi connectivity index (χ4v) is 2.24. The molecule has 104 valence electrons. The number of nitrogens with one attached hydrogen (secondary N) is 2. The van der Waals surface area contributed by atoms with E-state index in [1.165, 1.54) is 4.90 Å². The molecule has 0 aromatic heterocycles. The highest BCUT2D eigenvalue weighted by Crippen LogP contribution is 2.25. The zero-order chi connectivity index (χ0) is 14.0. The fourth-order valence-electron chi connectivity index (χ4n) is 2.24. The van der Waals surface area contributed by atoms with Gasteiger partial charge in [0.2, 0.25) is 0 Å². The van der Waals surface area contributed by atoms with Crippen LogP contribution in [0.15, 0.2) is 18.2 Å². The number of anilines is 2. The van der Waals surface area contributed by atoms with E-state index in [-0.39, 0.29) is 5.91 Å². The van der Waals surface area contributed by atoms with Crippen LogP contribution in [-0.4, -0.2) is 48.2 Å². The molecular formula is C14H21N3O2. The Hall–Kier alpha value is -1.75. The maximum atomic E-state index is 12.3. The SMILES string of the molecule is CN(CC(C)(C)O)C(=O)c1ccc2c(c1)NCCN2. The van der Waals surface area contributed by atoms with Crippen LogP contribution >= 0.6 is 0 Å². The molecular weight excluding hydrogens is 242 g/mol. The number of nitrogens with zero attached hydrogens (tertiary/aromatic N) is 1. The van der Waals surface area contributed by atoms with E-state index >= 15 is 0 Å². The molecule has 0 saturated heterocycles. The maximum Gasteiger partial charge on any atom is 0.253 e. The number of benzene rings is 1. The lowest BCUT2D eigenvalue weighted by Gasteiger charge is -2.26. The summed E-state index contributed by atoms with van der Waals surface area (Å²) in [5.74, 6) is -0.0858. The van der Waals surface area contributed by atoms with Crippen LogP contribution in [0.1, 0.15) is 24.2 Å². The van der Waals surface area contributed by atoms with E-state index in [1.54, 1.807) is 20.9 Å². The summed E-state index contributed by atoms with van der Waals surface area (Å²) in [6.45, 7) is 5.42. The van der Waals surface area contributed by atoms with Crippen LogP contribution in [0.4, 0.5) is 11.4 Å². The molecule has 0 aliphatic carbocycles. The summed E-state index contributed by atoms with van der Waals surface area (Å²) in [5.41, 5.74) is 1.71. The molecule has 1 aromatic rings. The van der Waals surface area contributed by atoms with E-state index in [0.29, 0.717) is 12.1 Å². The highest BCUT2D eigenvalue weighted by Gasteiger charge is 2.21. The van der Waals surface area contributed by atoms with E-state index in [0.717, 1.165) is 24.5 Å². The lowest BCUT2D eigenvalue weighted by Crippen LogP contribution is -2.39. The Balaban J connectivity index is 2.15. The molecule has 0 atom stereocenters. The van der Waals surface area contributed by atoms with Crippen molar-refractivity contribution in [1.29, 1.82) is 0 Å². The molecule has 0 spiro atoms. The van der Waals surface area contributed by atoms with Gasteiger partial charge in [-0.1, -0.05) is 0 Å². The van der Waals surface area contributed by atoms with Gasteiger partial charge in [0.1, 0.15) is 0 Å². The lowest BCUT2D eigenvalue weighted by atomic mass is 10.1. The minimum absolute atomic E-state index is 0.0858. The molecule has 0 fully saturated rings. The smallest absolute Gasteiger partial charge is 0.253 e. The minimum Gasteiger partial charge on any atom is -0.389 e. The largest absolute Gasteiger partial charge is 0.389 e. The topological polar surface area (TPSA) is 64.6 Å². The Labute approximate surface area is 113 Å². The van der Waals surface area contributed by atoms with Crippen LogP contribution in [-0.2, 0) is 0 Å². The highest BCUT2D eigenvalue weighted by atomic mass is 16.3. The average molecular weight is 263 g/mol. The van der Waals surface area contributed by atoms with Crippen molar-refractivity contribution >= 4 is 17.3 Å². The van der Waals surface area contributed by atoms with Gasteiger partial charge < -0.3 is 20.6 Å². The number of carbonyl (C=O) groups is 1. The van der Waals surface area contributed by atoms with Crippen molar-refractivity contribution in [3.8, 4) is 0 Å². The highest BCUT2D eigenvalue weighted by molar-refractivity contribution is 5.96. The number of hydrogen-bond acceptors (Lipinski definition) is 4. The molecule has 0 unspecified atom stereocenters. The molecule has 1 aliphatic heterocycles. The summed E-state index contributed by atoms with van der Waals surface area (Å²) in [6, 6.07) is 5.57. The third-order valence-corrected chi connectivity index (χ3v) is 2.99. The summed E-state index contributed by atoms with van der Waals surface area (Å²) >= 11 is 0. The number of likely N-dealkylation sites (N-methyl/N-ethyl adjacent to an activating group) is 1. The second kappa shape index (κ2) is 5.09. The van der Waals surface area contributed by atoms with E-state index in [1.807, 2.05) is 18.2 Å². The molecule has 0 bridgehead atoms. The van der Waals surface area contributed by atoms with Gasteiger partial charge >= 0.3 is 0 Å². The predicted molar refractivity (Wildman–Crippen MR) is 76.7 cm³/mol. The Morgan fingerprint density at radius 1 is 1.32 bits per heavy atom. The standard InChI is InChI=1S/C14H21N3O2/c1-14(2,19)9-17(3)13(18)10-4-5-11-12(8-10)16-7-6-15-11/h4-5,8,15-16,19H,6-7,9H2,1-3H3. The summed E-state index contributed by atoms with van der Waals surface area (Å²) in [4.78, 5) is 13.8. The quantitative estimate of drug-likeness (QED) is 0.770. The predicted octanol–water partition coefficient (Wildman–Crippen LogP) is 1.37. The van der Waals surface area contributed by atoms with Crippen molar-refractivity contribution in [2.45, 2.75) is 19.4 Å². The number of hydrogen-bond donors (Lipinski definition) is 3. The third kappa shape index (κ3) is 3.38. The third-order valence-electron chi connectivity index (χ3n) is 2.99. The molecule has 5 heteroatoms.